The average Bonchev–Trinajstić information content (AvgIpc) is 2.98. The van der Waals surface area contributed by atoms with Gasteiger partial charge >= 0.3 is 0 Å². The summed E-state index contributed by atoms with van der Waals surface area (Å²) >= 11 is 0. The van der Waals surface area contributed by atoms with Gasteiger partial charge in [-0.2, -0.15) is 0 Å². The van der Waals surface area contributed by atoms with E-state index in [4.69, 9.17) is 0 Å². The number of amides is 2. The predicted octanol–water partition coefficient (Wildman–Crippen LogP) is 1.83. The number of carbonyl (C=O) groups excluding carboxylic acids is 2. The lowest BCUT2D eigenvalue weighted by Crippen LogP contribution is -2.50. The van der Waals surface area contributed by atoms with Gasteiger partial charge in [-0.3, -0.25) is 9.59 Å². The molecule has 0 saturated carbocycles. The summed E-state index contributed by atoms with van der Waals surface area (Å²) in [7, 11) is 1.60. The van der Waals surface area contributed by atoms with E-state index in [-0.39, 0.29) is 11.8 Å². The van der Waals surface area contributed by atoms with Crippen LogP contribution in [0.15, 0.2) is 18.2 Å². The summed E-state index contributed by atoms with van der Waals surface area (Å²) in [6.45, 7) is 4.80. The standard InChI is InChI=1S/C16H23N3O2/c1-4-16(8-5-9-18-16)15(21)19-13-7-6-12(10-11(13)2)14(20)17-3/h6-7,10,18H,4-5,8-9H2,1-3H3,(H,17,20)(H,19,21). The molecule has 1 aromatic carbocycles. The van der Waals surface area contributed by atoms with Crippen LogP contribution in [0, 0.1) is 6.92 Å². The van der Waals surface area contributed by atoms with Crippen LogP contribution in [0.4, 0.5) is 5.69 Å². The van der Waals surface area contributed by atoms with Crippen LogP contribution in [0.2, 0.25) is 0 Å². The fourth-order valence-electron chi connectivity index (χ4n) is 2.79. The molecular formula is C16H23N3O2. The van der Waals surface area contributed by atoms with Crippen LogP contribution in [-0.4, -0.2) is 30.9 Å². The third kappa shape index (κ3) is 3.08. The minimum absolute atomic E-state index is 0.0123. The predicted molar refractivity (Wildman–Crippen MR) is 83.5 cm³/mol. The molecule has 1 heterocycles. The fourth-order valence-corrected chi connectivity index (χ4v) is 2.79. The van der Waals surface area contributed by atoms with Crippen molar-refractivity contribution in [3.63, 3.8) is 0 Å². The zero-order valence-electron chi connectivity index (χ0n) is 12.9. The Morgan fingerprint density at radius 3 is 2.67 bits per heavy atom. The maximum Gasteiger partial charge on any atom is 0.251 e. The van der Waals surface area contributed by atoms with Gasteiger partial charge in [-0.05, 0) is 56.5 Å². The molecule has 2 amide bonds. The first-order chi connectivity index (χ1) is 10.0. The molecule has 114 valence electrons. The lowest BCUT2D eigenvalue weighted by atomic mass is 9.93. The number of hydrogen-bond acceptors (Lipinski definition) is 3. The lowest BCUT2D eigenvalue weighted by molar-refractivity contribution is -0.122. The largest absolute Gasteiger partial charge is 0.355 e. The Balaban J connectivity index is 2.16. The summed E-state index contributed by atoms with van der Waals surface area (Å²) in [5, 5.41) is 8.91. The maximum atomic E-state index is 12.5. The van der Waals surface area contributed by atoms with Crippen LogP contribution in [0.25, 0.3) is 0 Å². The van der Waals surface area contributed by atoms with Crippen LogP contribution in [0.5, 0.6) is 0 Å². The number of aryl methyl sites for hydroxylation is 1. The molecule has 3 N–H and O–H groups in total. The van der Waals surface area contributed by atoms with E-state index in [9.17, 15) is 9.59 Å². The molecule has 0 spiro atoms. The van der Waals surface area contributed by atoms with Gasteiger partial charge in [0.2, 0.25) is 5.91 Å². The number of benzene rings is 1. The monoisotopic (exact) mass is 289 g/mol. The first-order valence-corrected chi connectivity index (χ1v) is 7.41. The zero-order valence-corrected chi connectivity index (χ0v) is 12.9. The van der Waals surface area contributed by atoms with Gasteiger partial charge in [0.1, 0.15) is 0 Å². The van der Waals surface area contributed by atoms with E-state index in [1.165, 1.54) is 0 Å². The summed E-state index contributed by atoms with van der Waals surface area (Å²) in [5.74, 6) is -0.114. The van der Waals surface area contributed by atoms with E-state index in [0.29, 0.717) is 5.56 Å². The van der Waals surface area contributed by atoms with Crippen LogP contribution in [0.3, 0.4) is 0 Å². The highest BCUT2D eigenvalue weighted by Gasteiger charge is 2.39. The maximum absolute atomic E-state index is 12.5. The average molecular weight is 289 g/mol. The summed E-state index contributed by atoms with van der Waals surface area (Å²) in [4.78, 5) is 24.1. The van der Waals surface area contributed by atoms with E-state index in [1.807, 2.05) is 13.8 Å². The molecule has 1 aromatic rings. The highest BCUT2D eigenvalue weighted by Crippen LogP contribution is 2.26. The van der Waals surface area contributed by atoms with Crippen molar-refractivity contribution < 1.29 is 9.59 Å². The van der Waals surface area contributed by atoms with Crippen molar-refractivity contribution in [1.82, 2.24) is 10.6 Å². The molecule has 2 rings (SSSR count). The quantitative estimate of drug-likeness (QED) is 0.792. The summed E-state index contributed by atoms with van der Waals surface area (Å²) in [6, 6.07) is 5.30. The van der Waals surface area contributed by atoms with Crippen molar-refractivity contribution in [2.75, 3.05) is 18.9 Å². The smallest absolute Gasteiger partial charge is 0.251 e. The third-order valence-corrected chi connectivity index (χ3v) is 4.25. The minimum Gasteiger partial charge on any atom is -0.355 e. The Morgan fingerprint density at radius 2 is 2.14 bits per heavy atom. The number of rotatable bonds is 4. The van der Waals surface area contributed by atoms with E-state index >= 15 is 0 Å². The Morgan fingerprint density at radius 1 is 1.38 bits per heavy atom. The first kappa shape index (κ1) is 15.5. The number of hydrogen-bond donors (Lipinski definition) is 3. The highest BCUT2D eigenvalue weighted by atomic mass is 16.2. The van der Waals surface area contributed by atoms with Gasteiger partial charge in [0, 0.05) is 18.3 Å². The molecule has 0 bridgehead atoms. The minimum atomic E-state index is -0.452. The summed E-state index contributed by atoms with van der Waals surface area (Å²) in [5.41, 5.74) is 1.78. The lowest BCUT2D eigenvalue weighted by Gasteiger charge is -2.27. The molecule has 5 nitrogen and oxygen atoms in total. The normalized spacial score (nSPS) is 21.1. The molecule has 1 aliphatic rings. The summed E-state index contributed by atoms with van der Waals surface area (Å²) in [6.07, 6.45) is 2.66. The first-order valence-electron chi connectivity index (χ1n) is 7.41. The molecule has 5 heteroatoms. The van der Waals surface area contributed by atoms with Crippen molar-refractivity contribution >= 4 is 17.5 Å². The second kappa shape index (κ2) is 6.26. The van der Waals surface area contributed by atoms with Gasteiger partial charge in [0.25, 0.3) is 5.91 Å². The van der Waals surface area contributed by atoms with Gasteiger partial charge in [-0.15, -0.1) is 0 Å². The van der Waals surface area contributed by atoms with Gasteiger partial charge < -0.3 is 16.0 Å². The van der Waals surface area contributed by atoms with E-state index in [2.05, 4.69) is 16.0 Å². The van der Waals surface area contributed by atoms with Crippen LogP contribution in [-0.2, 0) is 4.79 Å². The molecule has 0 aromatic heterocycles. The zero-order chi connectivity index (χ0) is 15.5. The van der Waals surface area contributed by atoms with E-state index < -0.39 is 5.54 Å². The molecule has 21 heavy (non-hydrogen) atoms. The van der Waals surface area contributed by atoms with Crippen LogP contribution in [0.1, 0.15) is 42.1 Å². The Bertz CT molecular complexity index is 548. The second-order valence-electron chi connectivity index (χ2n) is 5.53. The third-order valence-electron chi connectivity index (χ3n) is 4.25. The Kier molecular flexibility index (Phi) is 4.63. The highest BCUT2D eigenvalue weighted by molar-refractivity contribution is 6.00. The second-order valence-corrected chi connectivity index (χ2v) is 5.53. The molecule has 0 aliphatic carbocycles. The van der Waals surface area contributed by atoms with Crippen molar-refractivity contribution in [2.24, 2.45) is 0 Å². The van der Waals surface area contributed by atoms with E-state index in [1.54, 1.807) is 25.2 Å². The number of nitrogens with one attached hydrogen (secondary N) is 3. The Labute approximate surface area is 125 Å². The van der Waals surface area contributed by atoms with Crippen LogP contribution >= 0.6 is 0 Å². The molecule has 1 unspecified atom stereocenters. The molecule has 1 atom stereocenters. The van der Waals surface area contributed by atoms with Crippen molar-refractivity contribution in [2.45, 2.75) is 38.6 Å². The fraction of sp³-hybridized carbons (Fsp3) is 0.500. The van der Waals surface area contributed by atoms with Gasteiger partial charge in [0.15, 0.2) is 0 Å². The Hall–Kier alpha value is -1.88. The van der Waals surface area contributed by atoms with Crippen molar-refractivity contribution in [1.29, 1.82) is 0 Å². The van der Waals surface area contributed by atoms with Gasteiger partial charge in [0.05, 0.1) is 5.54 Å². The summed E-state index contributed by atoms with van der Waals surface area (Å²) < 4.78 is 0. The molecular weight excluding hydrogens is 266 g/mol. The van der Waals surface area contributed by atoms with Crippen LogP contribution < -0.4 is 16.0 Å². The molecule has 1 aliphatic heterocycles. The SMILES string of the molecule is CCC1(C(=O)Nc2ccc(C(=O)NC)cc2C)CCCN1. The van der Waals surface area contributed by atoms with Crippen molar-refractivity contribution in [3.8, 4) is 0 Å². The van der Waals surface area contributed by atoms with Gasteiger partial charge in [-0.25, -0.2) is 0 Å². The number of anilines is 1. The topological polar surface area (TPSA) is 70.2 Å². The van der Waals surface area contributed by atoms with Crippen molar-refractivity contribution in [3.05, 3.63) is 29.3 Å². The van der Waals surface area contributed by atoms with Gasteiger partial charge in [-0.1, -0.05) is 6.92 Å². The number of carbonyl (C=O) groups is 2. The molecule has 1 fully saturated rings. The molecule has 0 radical (unpaired) electrons. The van der Waals surface area contributed by atoms with E-state index in [0.717, 1.165) is 37.1 Å². The molecule has 1 saturated heterocycles.